The lowest BCUT2D eigenvalue weighted by molar-refractivity contribution is 0.308. The zero-order valence-corrected chi connectivity index (χ0v) is 10.7. The molecule has 0 saturated heterocycles. The average molecular weight is 250 g/mol. The quantitative estimate of drug-likeness (QED) is 0.713. The maximum atomic E-state index is 5.86. The van der Waals surface area contributed by atoms with Gasteiger partial charge in [-0.2, -0.15) is 10.2 Å². The molecule has 3 nitrogen and oxygen atoms in total. The summed E-state index contributed by atoms with van der Waals surface area (Å²) in [6.45, 7) is 2.59. The topological polar surface area (TPSA) is 35.0 Å². The summed E-state index contributed by atoms with van der Waals surface area (Å²) in [5.41, 5.74) is 3.18. The second-order valence-electron chi connectivity index (χ2n) is 4.50. The van der Waals surface area contributed by atoms with Crippen molar-refractivity contribution in [3.63, 3.8) is 0 Å². The van der Waals surface area contributed by atoms with Crippen LogP contribution in [0.4, 0.5) is 0 Å². The molecule has 0 bridgehead atoms. The number of benzene rings is 2. The Balaban J connectivity index is 1.90. The van der Waals surface area contributed by atoms with Crippen LogP contribution >= 0.6 is 0 Å². The third-order valence-corrected chi connectivity index (χ3v) is 3.00. The zero-order chi connectivity index (χ0) is 13.1. The van der Waals surface area contributed by atoms with Gasteiger partial charge in [0.15, 0.2) is 0 Å². The molecule has 0 atom stereocenters. The van der Waals surface area contributed by atoms with Crippen LogP contribution in [0.5, 0.6) is 5.75 Å². The van der Waals surface area contributed by atoms with E-state index in [9.17, 15) is 0 Å². The number of aromatic nitrogens is 2. The van der Waals surface area contributed by atoms with E-state index in [-0.39, 0.29) is 0 Å². The highest BCUT2D eigenvalue weighted by molar-refractivity contribution is 5.84. The van der Waals surface area contributed by atoms with Gasteiger partial charge < -0.3 is 4.74 Å². The molecule has 94 valence electrons. The Morgan fingerprint density at radius 2 is 1.89 bits per heavy atom. The Hall–Kier alpha value is -2.42. The van der Waals surface area contributed by atoms with Crippen LogP contribution in [0.25, 0.3) is 10.9 Å². The van der Waals surface area contributed by atoms with E-state index in [2.05, 4.69) is 23.2 Å². The van der Waals surface area contributed by atoms with Crippen molar-refractivity contribution in [3.8, 4) is 5.75 Å². The van der Waals surface area contributed by atoms with Crippen molar-refractivity contribution in [2.75, 3.05) is 0 Å². The number of ether oxygens (including phenoxy) is 1. The van der Waals surface area contributed by atoms with E-state index in [0.29, 0.717) is 6.61 Å². The Morgan fingerprint density at radius 3 is 2.74 bits per heavy atom. The van der Waals surface area contributed by atoms with Crippen LogP contribution in [0, 0.1) is 6.92 Å². The first-order valence-corrected chi connectivity index (χ1v) is 6.22. The molecule has 3 rings (SSSR count). The van der Waals surface area contributed by atoms with Crippen LogP contribution in [0.1, 0.15) is 11.1 Å². The first-order chi connectivity index (χ1) is 9.33. The molecule has 0 N–H and O–H groups in total. The normalized spacial score (nSPS) is 10.6. The van der Waals surface area contributed by atoms with Gasteiger partial charge in [0, 0.05) is 5.39 Å². The van der Waals surface area contributed by atoms with Crippen molar-refractivity contribution in [3.05, 3.63) is 65.9 Å². The van der Waals surface area contributed by atoms with E-state index >= 15 is 0 Å². The highest BCUT2D eigenvalue weighted by Crippen LogP contribution is 2.24. The summed E-state index contributed by atoms with van der Waals surface area (Å²) < 4.78 is 5.86. The molecule has 0 unspecified atom stereocenters. The lowest BCUT2D eigenvalue weighted by atomic mass is 10.1. The van der Waals surface area contributed by atoms with Gasteiger partial charge in [-0.3, -0.25) is 0 Å². The monoisotopic (exact) mass is 250 g/mol. The van der Waals surface area contributed by atoms with Gasteiger partial charge in [-0.15, -0.1) is 0 Å². The summed E-state index contributed by atoms with van der Waals surface area (Å²) in [5, 5.41) is 9.09. The zero-order valence-electron chi connectivity index (χ0n) is 10.7. The van der Waals surface area contributed by atoms with Crippen LogP contribution in [-0.4, -0.2) is 10.2 Å². The van der Waals surface area contributed by atoms with E-state index in [1.807, 2.05) is 42.5 Å². The molecule has 3 heteroatoms. The van der Waals surface area contributed by atoms with Crippen molar-refractivity contribution >= 4 is 10.9 Å². The van der Waals surface area contributed by atoms with Gasteiger partial charge in [0.05, 0.1) is 11.7 Å². The Labute approximate surface area is 111 Å². The number of fused-ring (bicyclic) bond motifs is 1. The maximum absolute atomic E-state index is 5.86. The molecule has 0 aliphatic heterocycles. The predicted molar refractivity (Wildman–Crippen MR) is 75.0 cm³/mol. The van der Waals surface area contributed by atoms with Gasteiger partial charge in [-0.25, -0.2) is 0 Å². The molecule has 1 heterocycles. The number of nitrogens with zero attached hydrogens (tertiary/aromatic N) is 2. The second kappa shape index (κ2) is 5.06. The Bertz CT molecular complexity index is 695. The molecular weight excluding hydrogens is 236 g/mol. The fourth-order valence-electron chi connectivity index (χ4n) is 2.00. The third kappa shape index (κ3) is 2.55. The molecular formula is C16H14N2O. The minimum Gasteiger partial charge on any atom is -0.487 e. The number of aryl methyl sites for hydroxylation is 1. The van der Waals surface area contributed by atoms with Crippen molar-refractivity contribution in [2.45, 2.75) is 13.5 Å². The van der Waals surface area contributed by atoms with Crippen LogP contribution in [0.3, 0.4) is 0 Å². The molecule has 3 aromatic rings. The summed E-state index contributed by atoms with van der Waals surface area (Å²) in [5.74, 6) is 0.776. The number of hydrogen-bond acceptors (Lipinski definition) is 3. The largest absolute Gasteiger partial charge is 0.487 e. The van der Waals surface area contributed by atoms with E-state index < -0.39 is 0 Å². The predicted octanol–water partition coefficient (Wildman–Crippen LogP) is 3.52. The van der Waals surface area contributed by atoms with Crippen LogP contribution in [0.15, 0.2) is 54.7 Å². The minimum absolute atomic E-state index is 0.537. The number of rotatable bonds is 3. The van der Waals surface area contributed by atoms with Gasteiger partial charge in [0.25, 0.3) is 0 Å². The van der Waals surface area contributed by atoms with Gasteiger partial charge in [-0.1, -0.05) is 42.0 Å². The third-order valence-electron chi connectivity index (χ3n) is 3.00. The molecule has 0 radical (unpaired) electrons. The van der Waals surface area contributed by atoms with Crippen molar-refractivity contribution in [1.29, 1.82) is 0 Å². The Morgan fingerprint density at radius 1 is 1.05 bits per heavy atom. The summed E-state index contributed by atoms with van der Waals surface area (Å²) in [6, 6.07) is 16.2. The maximum Gasteiger partial charge on any atom is 0.149 e. The van der Waals surface area contributed by atoms with E-state index in [1.165, 1.54) is 5.56 Å². The highest BCUT2D eigenvalue weighted by Gasteiger charge is 2.04. The van der Waals surface area contributed by atoms with Crippen molar-refractivity contribution < 1.29 is 4.74 Å². The molecule has 0 aliphatic rings. The van der Waals surface area contributed by atoms with Crippen LogP contribution in [0.2, 0.25) is 0 Å². The van der Waals surface area contributed by atoms with Crippen LogP contribution in [-0.2, 0) is 6.61 Å². The van der Waals surface area contributed by atoms with Gasteiger partial charge in [0.2, 0.25) is 0 Å². The van der Waals surface area contributed by atoms with Gasteiger partial charge in [-0.05, 0) is 24.6 Å². The standard InChI is InChI=1S/C16H14N2O/c1-12-7-8-15-14(9-12)16(10-17-18-15)19-11-13-5-3-2-4-6-13/h2-10H,11H2,1H3. The van der Waals surface area contributed by atoms with E-state index in [1.54, 1.807) is 6.20 Å². The number of hydrogen-bond donors (Lipinski definition) is 0. The average Bonchev–Trinajstić information content (AvgIpc) is 2.46. The summed E-state index contributed by atoms with van der Waals surface area (Å²) in [7, 11) is 0. The molecule has 2 aromatic carbocycles. The molecule has 0 spiro atoms. The van der Waals surface area contributed by atoms with Crippen molar-refractivity contribution in [2.24, 2.45) is 0 Å². The molecule has 0 amide bonds. The van der Waals surface area contributed by atoms with Crippen LogP contribution < -0.4 is 4.74 Å². The minimum atomic E-state index is 0.537. The molecule has 1 aromatic heterocycles. The SMILES string of the molecule is Cc1ccc2nncc(OCc3ccccc3)c2c1. The van der Waals surface area contributed by atoms with E-state index in [0.717, 1.165) is 22.2 Å². The fourth-order valence-corrected chi connectivity index (χ4v) is 2.00. The molecule has 0 fully saturated rings. The molecule has 19 heavy (non-hydrogen) atoms. The van der Waals surface area contributed by atoms with Gasteiger partial charge in [0.1, 0.15) is 12.4 Å². The van der Waals surface area contributed by atoms with E-state index in [4.69, 9.17) is 4.74 Å². The first kappa shape index (κ1) is 11.7. The first-order valence-electron chi connectivity index (χ1n) is 6.22. The smallest absolute Gasteiger partial charge is 0.149 e. The highest BCUT2D eigenvalue weighted by atomic mass is 16.5. The summed E-state index contributed by atoms with van der Waals surface area (Å²) >= 11 is 0. The lowest BCUT2D eigenvalue weighted by Gasteiger charge is -2.08. The fraction of sp³-hybridized carbons (Fsp3) is 0.125. The summed E-state index contributed by atoms with van der Waals surface area (Å²) in [4.78, 5) is 0. The molecule has 0 saturated carbocycles. The summed E-state index contributed by atoms with van der Waals surface area (Å²) in [6.07, 6.45) is 1.67. The molecule has 0 aliphatic carbocycles. The lowest BCUT2D eigenvalue weighted by Crippen LogP contribution is -1.97. The Kier molecular flexibility index (Phi) is 3.11. The van der Waals surface area contributed by atoms with Gasteiger partial charge >= 0.3 is 0 Å². The second-order valence-corrected chi connectivity index (χ2v) is 4.50. The van der Waals surface area contributed by atoms with Crippen molar-refractivity contribution in [1.82, 2.24) is 10.2 Å².